The van der Waals surface area contributed by atoms with E-state index in [1.165, 1.54) is 21.7 Å². The number of carbonyl (C=O) groups is 1. The van der Waals surface area contributed by atoms with E-state index in [0.717, 1.165) is 10.4 Å². The maximum atomic E-state index is 13.5. The molecule has 3 aromatic rings. The Morgan fingerprint density at radius 3 is 2.44 bits per heavy atom. The second kappa shape index (κ2) is 9.01. The SMILES string of the molecule is Cc1cnc(NC(=O)C2(c3ccccc3)CCN(S(=O)(=O)c3ccc4c(c3)OCCO4)CC2)s1. The standard InChI is InChI=1S/C24H25N3O5S2/c1-17-16-25-23(33-17)26-22(28)24(18-5-3-2-4-6-18)9-11-27(12-10-24)34(29,30)19-7-8-20-21(15-19)32-14-13-31-20/h2-8,15-16H,9-14H2,1H3,(H,25,26,28). The second-order valence-electron chi connectivity index (χ2n) is 8.39. The Balaban J connectivity index is 1.40. The topological polar surface area (TPSA) is 97.8 Å². The van der Waals surface area contributed by atoms with Crippen LogP contribution in [0.3, 0.4) is 0 Å². The van der Waals surface area contributed by atoms with Crippen LogP contribution < -0.4 is 14.8 Å². The van der Waals surface area contributed by atoms with Gasteiger partial charge in [0, 0.05) is 30.2 Å². The summed E-state index contributed by atoms with van der Waals surface area (Å²) in [6.07, 6.45) is 2.44. The Hall–Kier alpha value is -2.95. The lowest BCUT2D eigenvalue weighted by atomic mass is 9.72. The maximum Gasteiger partial charge on any atom is 0.243 e. The van der Waals surface area contributed by atoms with Crippen molar-refractivity contribution in [3.63, 3.8) is 0 Å². The van der Waals surface area contributed by atoms with Crippen molar-refractivity contribution < 1.29 is 22.7 Å². The van der Waals surface area contributed by atoms with Crippen LogP contribution in [0, 0.1) is 6.92 Å². The Morgan fingerprint density at radius 2 is 1.76 bits per heavy atom. The lowest BCUT2D eigenvalue weighted by Crippen LogP contribution is -2.50. The fourth-order valence-corrected chi connectivity index (χ4v) is 6.59. The fraction of sp³-hybridized carbons (Fsp3) is 0.333. The summed E-state index contributed by atoms with van der Waals surface area (Å²) in [6, 6.07) is 14.2. The summed E-state index contributed by atoms with van der Waals surface area (Å²) < 4.78 is 39.3. The molecule has 2 aromatic carbocycles. The number of sulfonamides is 1. The smallest absolute Gasteiger partial charge is 0.243 e. The molecular weight excluding hydrogens is 474 g/mol. The van der Waals surface area contributed by atoms with Crippen LogP contribution in [-0.2, 0) is 20.2 Å². The van der Waals surface area contributed by atoms with Crippen molar-refractivity contribution >= 4 is 32.4 Å². The molecule has 1 N–H and O–H groups in total. The van der Waals surface area contributed by atoms with Crippen LogP contribution in [0.1, 0.15) is 23.3 Å². The van der Waals surface area contributed by atoms with Crippen molar-refractivity contribution in [1.82, 2.24) is 9.29 Å². The minimum Gasteiger partial charge on any atom is -0.486 e. The highest BCUT2D eigenvalue weighted by Crippen LogP contribution is 2.40. The van der Waals surface area contributed by atoms with Gasteiger partial charge in [-0.25, -0.2) is 13.4 Å². The molecule has 8 nitrogen and oxygen atoms in total. The third kappa shape index (κ3) is 4.17. The van der Waals surface area contributed by atoms with Crippen molar-refractivity contribution in [3.05, 3.63) is 65.2 Å². The van der Waals surface area contributed by atoms with Crippen molar-refractivity contribution in [2.45, 2.75) is 30.1 Å². The number of rotatable bonds is 5. The number of fused-ring (bicyclic) bond motifs is 1. The minimum atomic E-state index is -3.75. The van der Waals surface area contributed by atoms with Crippen LogP contribution in [-0.4, -0.2) is 49.9 Å². The largest absolute Gasteiger partial charge is 0.486 e. The summed E-state index contributed by atoms with van der Waals surface area (Å²) in [5, 5.41) is 3.51. The number of hydrogen-bond acceptors (Lipinski definition) is 7. The van der Waals surface area contributed by atoms with E-state index in [1.807, 2.05) is 37.3 Å². The third-order valence-electron chi connectivity index (χ3n) is 6.33. The van der Waals surface area contributed by atoms with Crippen LogP contribution in [0.15, 0.2) is 59.6 Å². The number of ether oxygens (including phenoxy) is 2. The van der Waals surface area contributed by atoms with Crippen molar-refractivity contribution in [2.75, 3.05) is 31.6 Å². The lowest BCUT2D eigenvalue weighted by molar-refractivity contribution is -0.123. The van der Waals surface area contributed by atoms with Crippen LogP contribution in [0.4, 0.5) is 5.13 Å². The summed E-state index contributed by atoms with van der Waals surface area (Å²) in [7, 11) is -3.75. The highest BCUT2D eigenvalue weighted by molar-refractivity contribution is 7.89. The first-order valence-corrected chi connectivity index (χ1v) is 13.3. The number of nitrogens with one attached hydrogen (secondary N) is 1. The molecule has 34 heavy (non-hydrogen) atoms. The van der Waals surface area contributed by atoms with Gasteiger partial charge in [-0.1, -0.05) is 30.3 Å². The summed E-state index contributed by atoms with van der Waals surface area (Å²) in [5.41, 5.74) is 0.0248. The maximum absolute atomic E-state index is 13.5. The number of nitrogens with zero attached hydrogens (tertiary/aromatic N) is 2. The van der Waals surface area contributed by atoms with E-state index in [2.05, 4.69) is 10.3 Å². The molecule has 5 rings (SSSR count). The Labute approximate surface area is 202 Å². The number of anilines is 1. The van der Waals surface area contributed by atoms with Gasteiger partial charge in [-0.05, 0) is 37.5 Å². The summed E-state index contributed by atoms with van der Waals surface area (Å²) >= 11 is 1.42. The Morgan fingerprint density at radius 1 is 1.06 bits per heavy atom. The normalized spacial score (nSPS) is 17.8. The first-order valence-electron chi connectivity index (χ1n) is 11.1. The average Bonchev–Trinajstić information content (AvgIpc) is 3.28. The van der Waals surface area contributed by atoms with Crippen LogP contribution >= 0.6 is 11.3 Å². The third-order valence-corrected chi connectivity index (χ3v) is 9.05. The van der Waals surface area contributed by atoms with E-state index in [0.29, 0.717) is 42.7 Å². The quantitative estimate of drug-likeness (QED) is 0.576. The van der Waals surface area contributed by atoms with Crippen LogP contribution in [0.5, 0.6) is 11.5 Å². The molecule has 0 aliphatic carbocycles. The van der Waals surface area contributed by atoms with E-state index >= 15 is 0 Å². The zero-order chi connectivity index (χ0) is 23.8. The number of thiazole rings is 1. The van der Waals surface area contributed by atoms with E-state index in [4.69, 9.17) is 9.47 Å². The van der Waals surface area contributed by atoms with E-state index < -0.39 is 15.4 Å². The molecular formula is C24H25N3O5S2. The number of benzene rings is 2. The van der Waals surface area contributed by atoms with Crippen molar-refractivity contribution in [2.24, 2.45) is 0 Å². The van der Waals surface area contributed by atoms with Gasteiger partial charge in [-0.3, -0.25) is 4.79 Å². The molecule has 2 aliphatic heterocycles. The molecule has 1 saturated heterocycles. The molecule has 0 atom stereocenters. The fourth-order valence-electron chi connectivity index (χ4n) is 4.47. The number of piperidine rings is 1. The first-order chi connectivity index (χ1) is 16.4. The van der Waals surface area contributed by atoms with Gasteiger partial charge in [-0.2, -0.15) is 4.31 Å². The van der Waals surface area contributed by atoms with Gasteiger partial charge >= 0.3 is 0 Å². The van der Waals surface area contributed by atoms with E-state index in [-0.39, 0.29) is 23.9 Å². The number of amides is 1. The second-order valence-corrected chi connectivity index (χ2v) is 11.6. The number of aromatic nitrogens is 1. The molecule has 2 aliphatic rings. The summed E-state index contributed by atoms with van der Waals surface area (Å²) in [4.78, 5) is 19.0. The Kier molecular flexibility index (Phi) is 6.05. The molecule has 0 bridgehead atoms. The molecule has 0 saturated carbocycles. The summed E-state index contributed by atoms with van der Waals surface area (Å²) in [6.45, 7) is 3.19. The highest BCUT2D eigenvalue weighted by Gasteiger charge is 2.45. The molecule has 1 fully saturated rings. The van der Waals surface area contributed by atoms with Gasteiger partial charge in [0.15, 0.2) is 16.6 Å². The number of aryl methyl sites for hydroxylation is 1. The zero-order valence-corrected chi connectivity index (χ0v) is 20.3. The molecule has 10 heteroatoms. The first kappa shape index (κ1) is 22.8. The van der Waals surface area contributed by atoms with E-state index in [1.54, 1.807) is 18.3 Å². The summed E-state index contributed by atoms with van der Waals surface area (Å²) in [5.74, 6) is 0.812. The van der Waals surface area contributed by atoms with Crippen molar-refractivity contribution in [3.8, 4) is 11.5 Å². The van der Waals surface area contributed by atoms with Crippen LogP contribution in [0.25, 0.3) is 0 Å². The van der Waals surface area contributed by atoms with Gasteiger partial charge < -0.3 is 14.8 Å². The van der Waals surface area contributed by atoms with Gasteiger partial charge in [0.25, 0.3) is 0 Å². The van der Waals surface area contributed by atoms with Crippen molar-refractivity contribution in [1.29, 1.82) is 0 Å². The number of hydrogen-bond donors (Lipinski definition) is 1. The Bertz CT molecular complexity index is 1300. The zero-order valence-electron chi connectivity index (χ0n) is 18.7. The van der Waals surface area contributed by atoms with Gasteiger partial charge in [0.2, 0.25) is 15.9 Å². The molecule has 3 heterocycles. The van der Waals surface area contributed by atoms with Gasteiger partial charge in [0.05, 0.1) is 10.3 Å². The monoisotopic (exact) mass is 499 g/mol. The molecule has 1 amide bonds. The van der Waals surface area contributed by atoms with Crippen LogP contribution in [0.2, 0.25) is 0 Å². The molecule has 0 unspecified atom stereocenters. The van der Waals surface area contributed by atoms with Gasteiger partial charge in [-0.15, -0.1) is 11.3 Å². The molecule has 178 valence electrons. The predicted octanol–water partition coefficient (Wildman–Crippen LogP) is 3.58. The van der Waals surface area contributed by atoms with E-state index in [9.17, 15) is 13.2 Å². The molecule has 0 spiro atoms. The molecule has 1 aromatic heterocycles. The molecule has 0 radical (unpaired) electrons. The lowest BCUT2D eigenvalue weighted by Gasteiger charge is -2.40. The number of carbonyl (C=O) groups excluding carboxylic acids is 1. The van der Waals surface area contributed by atoms with Gasteiger partial charge in [0.1, 0.15) is 13.2 Å². The highest BCUT2D eigenvalue weighted by atomic mass is 32.2. The minimum absolute atomic E-state index is 0.159. The average molecular weight is 500 g/mol. The predicted molar refractivity (Wildman–Crippen MR) is 129 cm³/mol.